The van der Waals surface area contributed by atoms with Crippen LogP contribution in [0.25, 0.3) is 16.5 Å². The van der Waals surface area contributed by atoms with Crippen LogP contribution >= 0.6 is 0 Å². The zero-order chi connectivity index (χ0) is 17.7. The molecule has 0 spiro atoms. The molecule has 2 aromatic carbocycles. The molecular weight excluding hydrogens is 320 g/mol. The highest BCUT2D eigenvalue weighted by molar-refractivity contribution is 6.12. The maximum Gasteiger partial charge on any atom is 0.161 e. The molecule has 0 fully saturated rings. The van der Waals surface area contributed by atoms with E-state index in [9.17, 15) is 4.79 Å². The lowest BCUT2D eigenvalue weighted by Gasteiger charge is -2.35. The van der Waals surface area contributed by atoms with Crippen LogP contribution in [0.5, 0.6) is 0 Å². The largest absolute Gasteiger partial charge is 0.373 e. The molecule has 1 atom stereocenters. The van der Waals surface area contributed by atoms with Crippen molar-refractivity contribution in [1.29, 1.82) is 0 Å². The minimum Gasteiger partial charge on any atom is -0.373 e. The van der Waals surface area contributed by atoms with Gasteiger partial charge in [0.25, 0.3) is 0 Å². The van der Waals surface area contributed by atoms with Gasteiger partial charge in [-0.1, -0.05) is 30.3 Å². The second-order valence-corrected chi connectivity index (χ2v) is 7.16. The van der Waals surface area contributed by atoms with Gasteiger partial charge in [-0.3, -0.25) is 9.78 Å². The van der Waals surface area contributed by atoms with Crippen molar-refractivity contribution in [3.05, 3.63) is 77.0 Å². The molecule has 0 amide bonds. The number of rotatable bonds is 1. The number of carbonyl (C=O) groups excluding carboxylic acids is 1. The Morgan fingerprint density at radius 2 is 1.92 bits per heavy atom. The third kappa shape index (κ3) is 2.20. The van der Waals surface area contributed by atoms with Crippen LogP contribution in [0.1, 0.15) is 42.0 Å². The monoisotopic (exact) mass is 340 g/mol. The van der Waals surface area contributed by atoms with E-state index in [0.717, 1.165) is 35.0 Å². The second-order valence-electron chi connectivity index (χ2n) is 7.16. The van der Waals surface area contributed by atoms with Crippen LogP contribution in [-0.4, -0.2) is 10.8 Å². The fourth-order valence-corrected chi connectivity index (χ4v) is 4.43. The van der Waals surface area contributed by atoms with Gasteiger partial charge >= 0.3 is 0 Å². The van der Waals surface area contributed by atoms with E-state index in [0.29, 0.717) is 6.42 Å². The molecule has 0 unspecified atom stereocenters. The van der Waals surface area contributed by atoms with E-state index >= 15 is 0 Å². The van der Waals surface area contributed by atoms with Gasteiger partial charge in [-0.2, -0.15) is 0 Å². The number of aryl methyl sites for hydroxylation is 1. The molecule has 128 valence electrons. The number of nitrogens with zero attached hydrogens (tertiary/aromatic N) is 1. The number of benzene rings is 2. The highest BCUT2D eigenvalue weighted by Crippen LogP contribution is 2.48. The number of nitrogens with one attached hydrogen (secondary N) is 1. The summed E-state index contributed by atoms with van der Waals surface area (Å²) in [5.41, 5.74) is 7.81. The molecule has 1 N–H and O–H groups in total. The fraction of sp³-hybridized carbons (Fsp3) is 0.217. The topological polar surface area (TPSA) is 42.0 Å². The second kappa shape index (κ2) is 5.80. The van der Waals surface area contributed by atoms with Gasteiger partial charge in [0.05, 0.1) is 11.6 Å². The quantitative estimate of drug-likeness (QED) is 0.660. The highest BCUT2D eigenvalue weighted by Gasteiger charge is 2.35. The van der Waals surface area contributed by atoms with Crippen molar-refractivity contribution in [2.45, 2.75) is 32.2 Å². The molecule has 2 aliphatic rings. The number of anilines is 1. The van der Waals surface area contributed by atoms with Crippen molar-refractivity contribution in [1.82, 2.24) is 4.98 Å². The number of fused-ring (bicyclic) bond motifs is 4. The number of hydrogen-bond donors (Lipinski definition) is 1. The number of carbonyl (C=O) groups is 1. The smallest absolute Gasteiger partial charge is 0.161 e. The first-order chi connectivity index (χ1) is 12.7. The minimum atomic E-state index is -0.0689. The van der Waals surface area contributed by atoms with E-state index in [1.54, 1.807) is 0 Å². The van der Waals surface area contributed by atoms with E-state index in [1.807, 2.05) is 18.3 Å². The van der Waals surface area contributed by atoms with Crippen molar-refractivity contribution < 1.29 is 4.79 Å². The maximum absolute atomic E-state index is 13.0. The van der Waals surface area contributed by atoms with E-state index in [1.165, 1.54) is 22.3 Å². The van der Waals surface area contributed by atoms with Crippen molar-refractivity contribution >= 4 is 27.9 Å². The van der Waals surface area contributed by atoms with Crippen LogP contribution < -0.4 is 5.32 Å². The highest BCUT2D eigenvalue weighted by atomic mass is 16.1. The fourth-order valence-electron chi connectivity index (χ4n) is 4.43. The normalized spacial score (nSPS) is 19.1. The summed E-state index contributed by atoms with van der Waals surface area (Å²) in [6, 6.07) is 16.5. The van der Waals surface area contributed by atoms with Crippen LogP contribution in [-0.2, 0) is 4.79 Å². The number of hydrogen-bond acceptors (Lipinski definition) is 3. The Bertz CT molecular complexity index is 1080. The van der Waals surface area contributed by atoms with Crippen LogP contribution in [0.2, 0.25) is 0 Å². The summed E-state index contributed by atoms with van der Waals surface area (Å²) in [5.74, 6) is 0.276. The standard InChI is InChI=1S/C23H20N2O/c1-14-6-2-3-7-15(14)23-22-17(8-4-10-20(22)26)21-16-9-5-13-24-18(16)11-12-19(21)25-23/h2-3,5-7,9,11-13,23,25H,4,8,10H2,1H3/t23-/m1/s1. The van der Waals surface area contributed by atoms with E-state index in [2.05, 4.69) is 53.6 Å². The Labute approximate surface area is 152 Å². The Morgan fingerprint density at radius 3 is 2.81 bits per heavy atom. The number of Topliss-reactive ketones (excluding diaryl/α,β-unsaturated/α-hetero) is 1. The average Bonchev–Trinajstić information content (AvgIpc) is 2.67. The van der Waals surface area contributed by atoms with Gasteiger partial charge in [-0.25, -0.2) is 0 Å². The molecule has 3 heteroatoms. The SMILES string of the molecule is Cc1ccccc1[C@H]1Nc2ccc3ncccc3c2C2=C1C(=O)CCC2. The molecule has 0 bridgehead atoms. The lowest BCUT2D eigenvalue weighted by molar-refractivity contribution is -0.116. The lowest BCUT2D eigenvalue weighted by atomic mass is 9.76. The Hall–Kier alpha value is -2.94. The summed E-state index contributed by atoms with van der Waals surface area (Å²) in [5, 5.41) is 4.80. The lowest BCUT2D eigenvalue weighted by Crippen LogP contribution is -2.27. The Kier molecular flexibility index (Phi) is 3.42. The predicted octanol–water partition coefficient (Wildman–Crippen LogP) is 5.22. The Morgan fingerprint density at radius 1 is 1.04 bits per heavy atom. The minimum absolute atomic E-state index is 0.0689. The molecule has 3 aromatic rings. The molecule has 0 saturated heterocycles. The molecule has 2 heterocycles. The first kappa shape index (κ1) is 15.3. The average molecular weight is 340 g/mol. The van der Waals surface area contributed by atoms with Gasteiger partial charge in [0.2, 0.25) is 0 Å². The van der Waals surface area contributed by atoms with E-state index in [4.69, 9.17) is 0 Å². The molecule has 1 aliphatic heterocycles. The van der Waals surface area contributed by atoms with Crippen molar-refractivity contribution in [2.24, 2.45) is 0 Å². The molecule has 1 aliphatic carbocycles. The molecule has 0 saturated carbocycles. The molecular formula is C23H20N2O. The van der Waals surface area contributed by atoms with Crippen LogP contribution in [0.4, 0.5) is 5.69 Å². The van der Waals surface area contributed by atoms with Crippen molar-refractivity contribution in [2.75, 3.05) is 5.32 Å². The summed E-state index contributed by atoms with van der Waals surface area (Å²) in [6.45, 7) is 2.12. The van der Waals surface area contributed by atoms with Gasteiger partial charge in [0, 0.05) is 34.8 Å². The van der Waals surface area contributed by atoms with Crippen LogP contribution in [0.3, 0.4) is 0 Å². The molecule has 5 rings (SSSR count). The molecule has 0 radical (unpaired) electrons. The summed E-state index contributed by atoms with van der Waals surface area (Å²) in [4.78, 5) is 17.5. The number of pyridine rings is 1. The number of allylic oxidation sites excluding steroid dienone is 1. The zero-order valence-electron chi connectivity index (χ0n) is 14.8. The summed E-state index contributed by atoms with van der Waals surface area (Å²) in [6.07, 6.45) is 4.34. The third-order valence-corrected chi connectivity index (χ3v) is 5.63. The van der Waals surface area contributed by atoms with Gasteiger partial charge in [-0.15, -0.1) is 0 Å². The summed E-state index contributed by atoms with van der Waals surface area (Å²) >= 11 is 0. The van der Waals surface area contributed by atoms with Gasteiger partial charge in [0.1, 0.15) is 0 Å². The van der Waals surface area contributed by atoms with Crippen molar-refractivity contribution in [3.63, 3.8) is 0 Å². The zero-order valence-corrected chi connectivity index (χ0v) is 14.8. The number of ketones is 1. The van der Waals surface area contributed by atoms with Crippen LogP contribution in [0.15, 0.2) is 60.3 Å². The van der Waals surface area contributed by atoms with E-state index < -0.39 is 0 Å². The molecule has 1 aromatic heterocycles. The van der Waals surface area contributed by atoms with E-state index in [-0.39, 0.29) is 11.8 Å². The molecule has 26 heavy (non-hydrogen) atoms. The first-order valence-corrected chi connectivity index (χ1v) is 9.20. The van der Waals surface area contributed by atoms with Crippen molar-refractivity contribution in [3.8, 4) is 0 Å². The Balaban J connectivity index is 1.81. The van der Waals surface area contributed by atoms with Gasteiger partial charge in [-0.05, 0) is 54.7 Å². The predicted molar refractivity (Wildman–Crippen MR) is 105 cm³/mol. The van der Waals surface area contributed by atoms with Crippen LogP contribution in [0, 0.1) is 6.92 Å². The third-order valence-electron chi connectivity index (χ3n) is 5.63. The van der Waals surface area contributed by atoms with Gasteiger partial charge in [0.15, 0.2) is 5.78 Å². The number of aromatic nitrogens is 1. The van der Waals surface area contributed by atoms with Gasteiger partial charge < -0.3 is 5.32 Å². The molecule has 3 nitrogen and oxygen atoms in total. The first-order valence-electron chi connectivity index (χ1n) is 9.20. The summed E-state index contributed by atoms with van der Waals surface area (Å²) < 4.78 is 0. The maximum atomic E-state index is 13.0. The summed E-state index contributed by atoms with van der Waals surface area (Å²) in [7, 11) is 0.